The van der Waals surface area contributed by atoms with Gasteiger partial charge in [0.05, 0.1) is 23.0 Å². The fourth-order valence-electron chi connectivity index (χ4n) is 4.84. The third-order valence-corrected chi connectivity index (χ3v) is 8.06. The van der Waals surface area contributed by atoms with Crippen LogP contribution in [0.3, 0.4) is 0 Å². The summed E-state index contributed by atoms with van der Waals surface area (Å²) in [5.41, 5.74) is 4.74. The molecule has 2 N–H and O–H groups in total. The maximum atomic E-state index is 13.5. The molecule has 0 fully saturated rings. The van der Waals surface area contributed by atoms with Crippen LogP contribution in [0.15, 0.2) is 84.3 Å². The smallest absolute Gasteiger partial charge is 0.305 e. The zero-order valence-electron chi connectivity index (χ0n) is 22.1. The van der Waals surface area contributed by atoms with Crippen LogP contribution in [0.2, 0.25) is 0 Å². The third-order valence-electron chi connectivity index (χ3n) is 6.28. The average Bonchev–Trinajstić information content (AvgIpc) is 3.37. The largest absolute Gasteiger partial charge is 0.481 e. The molecule has 1 heterocycles. The lowest BCUT2D eigenvalue weighted by atomic mass is 9.98. The second-order valence-electron chi connectivity index (χ2n) is 9.45. The Balaban J connectivity index is 1.71. The van der Waals surface area contributed by atoms with Gasteiger partial charge < -0.3 is 5.11 Å². The van der Waals surface area contributed by atoms with Crippen LogP contribution >= 0.6 is 0 Å². The molecule has 0 aliphatic rings. The Bertz CT molecular complexity index is 1610. The second-order valence-corrected chi connectivity index (χ2v) is 11.1. The number of anilines is 1. The number of carboxylic acid groups (broad SMARTS) is 1. The summed E-state index contributed by atoms with van der Waals surface area (Å²) in [5, 5.41) is 11.1. The minimum Gasteiger partial charge on any atom is -0.481 e. The van der Waals surface area contributed by atoms with Crippen molar-refractivity contribution >= 4 is 27.6 Å². The number of nitrogens with zero attached hydrogens (tertiary/aromatic N) is 3. The second kappa shape index (κ2) is 11.2. The minimum atomic E-state index is -4.03. The molecule has 10 heteroatoms. The SMILES string of the molecule is CC(=O)N(c1cccc(-c2cccc(C(CC(=O)O)NS(=O)(=O)c3c(C)cc(C)cc3C)c2)c1)n1ccnc1. The van der Waals surface area contributed by atoms with Crippen molar-refractivity contribution in [1.82, 2.24) is 14.4 Å². The van der Waals surface area contributed by atoms with Crippen LogP contribution < -0.4 is 9.73 Å². The predicted octanol–water partition coefficient (Wildman–Crippen LogP) is 4.79. The number of sulfonamides is 1. The van der Waals surface area contributed by atoms with Crippen molar-refractivity contribution in [2.24, 2.45) is 0 Å². The maximum Gasteiger partial charge on any atom is 0.305 e. The molecular formula is C29H30N4O5S. The number of aliphatic carboxylic acids is 1. The van der Waals surface area contributed by atoms with Crippen LogP contribution in [0.1, 0.15) is 41.6 Å². The molecule has 1 aromatic heterocycles. The topological polar surface area (TPSA) is 122 Å². The molecule has 0 aliphatic carbocycles. The average molecular weight is 547 g/mol. The van der Waals surface area contributed by atoms with Crippen LogP contribution in [0.4, 0.5) is 5.69 Å². The van der Waals surface area contributed by atoms with Crippen molar-refractivity contribution in [2.75, 3.05) is 5.01 Å². The number of hydrogen-bond donors (Lipinski definition) is 2. The molecule has 1 amide bonds. The van der Waals surface area contributed by atoms with E-state index in [0.717, 1.165) is 16.7 Å². The molecule has 39 heavy (non-hydrogen) atoms. The summed E-state index contributed by atoms with van der Waals surface area (Å²) in [5.74, 6) is -1.35. The van der Waals surface area contributed by atoms with Gasteiger partial charge in [0.15, 0.2) is 0 Å². The van der Waals surface area contributed by atoms with Crippen LogP contribution in [0.5, 0.6) is 0 Å². The zero-order valence-corrected chi connectivity index (χ0v) is 22.9. The number of carboxylic acids is 1. The van der Waals surface area contributed by atoms with E-state index in [1.807, 2.05) is 31.2 Å². The van der Waals surface area contributed by atoms with Gasteiger partial charge in [0, 0.05) is 19.3 Å². The van der Waals surface area contributed by atoms with Crippen molar-refractivity contribution in [3.63, 3.8) is 0 Å². The number of benzene rings is 3. The normalized spacial score (nSPS) is 12.2. The molecule has 0 radical (unpaired) electrons. The highest BCUT2D eigenvalue weighted by Crippen LogP contribution is 2.30. The molecule has 0 aliphatic heterocycles. The summed E-state index contributed by atoms with van der Waals surface area (Å²) < 4.78 is 31.1. The molecule has 1 unspecified atom stereocenters. The lowest BCUT2D eigenvalue weighted by Gasteiger charge is -2.23. The van der Waals surface area contributed by atoms with E-state index < -0.39 is 28.5 Å². The van der Waals surface area contributed by atoms with Gasteiger partial charge in [-0.25, -0.2) is 27.8 Å². The van der Waals surface area contributed by atoms with Crippen LogP contribution in [-0.2, 0) is 19.6 Å². The number of nitrogens with one attached hydrogen (secondary N) is 1. The first-order chi connectivity index (χ1) is 18.5. The molecular weight excluding hydrogens is 516 g/mol. The molecule has 202 valence electrons. The summed E-state index contributed by atoms with van der Waals surface area (Å²) in [4.78, 5) is 28.3. The number of carbonyl (C=O) groups is 2. The van der Waals surface area contributed by atoms with Gasteiger partial charge in [-0.3, -0.25) is 9.59 Å². The molecule has 0 saturated heterocycles. The van der Waals surface area contributed by atoms with Crippen molar-refractivity contribution in [1.29, 1.82) is 0 Å². The van der Waals surface area contributed by atoms with Gasteiger partial charge in [-0.1, -0.05) is 48.0 Å². The highest BCUT2D eigenvalue weighted by molar-refractivity contribution is 7.89. The lowest BCUT2D eigenvalue weighted by molar-refractivity contribution is -0.137. The molecule has 9 nitrogen and oxygen atoms in total. The Morgan fingerprint density at radius 2 is 1.64 bits per heavy atom. The quantitative estimate of drug-likeness (QED) is 0.311. The minimum absolute atomic E-state index is 0.149. The molecule has 3 aromatic carbocycles. The Labute approximate surface area is 227 Å². The number of carbonyl (C=O) groups excluding carboxylic acids is 1. The molecule has 4 rings (SSSR count). The van der Waals surface area contributed by atoms with E-state index in [1.165, 1.54) is 18.3 Å². The number of aromatic nitrogens is 2. The standard InChI is InChI=1S/C29H30N4O5S/c1-19-13-20(2)29(21(3)14-19)39(37,38)31-27(17-28(35)36)25-9-5-7-23(15-25)24-8-6-10-26(16-24)33(22(4)34)32-12-11-30-18-32/h5-16,18,27,31H,17H2,1-4H3,(H,35,36). The Hall–Kier alpha value is -4.28. The number of imidazole rings is 1. The summed E-state index contributed by atoms with van der Waals surface area (Å²) in [6.07, 6.45) is 4.32. The highest BCUT2D eigenvalue weighted by Gasteiger charge is 2.27. The van der Waals surface area contributed by atoms with E-state index in [2.05, 4.69) is 9.71 Å². The van der Waals surface area contributed by atoms with E-state index in [9.17, 15) is 23.1 Å². The number of aryl methyl sites for hydroxylation is 3. The van der Waals surface area contributed by atoms with E-state index in [0.29, 0.717) is 22.4 Å². The summed E-state index contributed by atoms with van der Waals surface area (Å²) in [6.45, 7) is 6.79. The van der Waals surface area contributed by atoms with Crippen molar-refractivity contribution in [3.05, 3.63) is 102 Å². The zero-order chi connectivity index (χ0) is 28.3. The molecule has 0 spiro atoms. The highest BCUT2D eigenvalue weighted by atomic mass is 32.2. The van der Waals surface area contributed by atoms with Crippen molar-refractivity contribution < 1.29 is 23.1 Å². The predicted molar refractivity (Wildman–Crippen MR) is 149 cm³/mol. The monoisotopic (exact) mass is 546 g/mol. The van der Waals surface area contributed by atoms with Gasteiger partial charge in [0.25, 0.3) is 0 Å². The lowest BCUT2D eigenvalue weighted by Crippen LogP contribution is -2.32. The Morgan fingerprint density at radius 3 is 2.23 bits per heavy atom. The number of hydrogen-bond acceptors (Lipinski definition) is 5. The maximum absolute atomic E-state index is 13.5. The fraction of sp³-hybridized carbons (Fsp3) is 0.207. The van der Waals surface area contributed by atoms with Crippen molar-refractivity contribution in [3.8, 4) is 11.1 Å². The summed E-state index contributed by atoms with van der Waals surface area (Å²) in [7, 11) is -4.03. The molecule has 0 bridgehead atoms. The fourth-order valence-corrected chi connectivity index (χ4v) is 6.52. The summed E-state index contributed by atoms with van der Waals surface area (Å²) in [6, 6.07) is 16.9. The van der Waals surface area contributed by atoms with Gasteiger partial charge in [-0.15, -0.1) is 0 Å². The number of rotatable bonds is 9. The summed E-state index contributed by atoms with van der Waals surface area (Å²) >= 11 is 0. The van der Waals surface area contributed by atoms with Gasteiger partial charge in [0.2, 0.25) is 15.9 Å². The first-order valence-electron chi connectivity index (χ1n) is 12.3. The van der Waals surface area contributed by atoms with Gasteiger partial charge >= 0.3 is 5.97 Å². The van der Waals surface area contributed by atoms with Gasteiger partial charge in [-0.2, -0.15) is 0 Å². The molecule has 4 aromatic rings. The van der Waals surface area contributed by atoms with Gasteiger partial charge in [-0.05, 0) is 66.8 Å². The Kier molecular flexibility index (Phi) is 7.98. The van der Waals surface area contributed by atoms with Crippen LogP contribution in [0, 0.1) is 20.8 Å². The van der Waals surface area contributed by atoms with Crippen LogP contribution in [-0.4, -0.2) is 35.1 Å². The van der Waals surface area contributed by atoms with E-state index in [1.54, 1.807) is 67.3 Å². The van der Waals surface area contributed by atoms with Crippen LogP contribution in [0.25, 0.3) is 11.1 Å². The van der Waals surface area contributed by atoms with E-state index in [4.69, 9.17) is 0 Å². The van der Waals surface area contributed by atoms with E-state index in [-0.39, 0.29) is 10.8 Å². The Morgan fingerprint density at radius 1 is 1.00 bits per heavy atom. The molecule has 1 atom stereocenters. The van der Waals surface area contributed by atoms with E-state index >= 15 is 0 Å². The molecule has 0 saturated carbocycles. The first-order valence-corrected chi connectivity index (χ1v) is 13.8. The number of amides is 1. The third kappa shape index (κ3) is 6.24. The van der Waals surface area contributed by atoms with Gasteiger partial charge in [0.1, 0.15) is 6.33 Å². The van der Waals surface area contributed by atoms with Crippen molar-refractivity contribution in [2.45, 2.75) is 45.1 Å². The first kappa shape index (κ1) is 27.7.